The fourth-order valence-electron chi connectivity index (χ4n) is 2.63. The van der Waals surface area contributed by atoms with Crippen LogP contribution < -0.4 is 5.32 Å². The molecule has 0 aliphatic carbocycles. The molecule has 0 aliphatic heterocycles. The maximum atomic E-state index is 13.1. The SMILES string of the molecule is Cc1ccc(C)c(NC(=O)Cc2sc(C)nc2-c2ccc(F)cc2)c1. The highest BCUT2D eigenvalue weighted by atomic mass is 32.1. The minimum absolute atomic E-state index is 0.0827. The van der Waals surface area contributed by atoms with Gasteiger partial charge in [-0.3, -0.25) is 4.79 Å². The number of carbonyl (C=O) groups is 1. The van der Waals surface area contributed by atoms with Gasteiger partial charge in [-0.25, -0.2) is 9.37 Å². The van der Waals surface area contributed by atoms with Crippen molar-refractivity contribution in [2.45, 2.75) is 27.2 Å². The van der Waals surface area contributed by atoms with Crippen LogP contribution in [0.1, 0.15) is 21.0 Å². The number of aromatic nitrogens is 1. The highest BCUT2D eigenvalue weighted by molar-refractivity contribution is 7.12. The van der Waals surface area contributed by atoms with E-state index in [1.54, 1.807) is 12.1 Å². The molecule has 3 aromatic rings. The Morgan fingerprint density at radius 3 is 2.56 bits per heavy atom. The number of halogens is 1. The number of thiazole rings is 1. The van der Waals surface area contributed by atoms with Gasteiger partial charge >= 0.3 is 0 Å². The van der Waals surface area contributed by atoms with Crippen molar-refractivity contribution >= 4 is 22.9 Å². The molecule has 1 N–H and O–H groups in total. The lowest BCUT2D eigenvalue weighted by Crippen LogP contribution is -2.15. The number of hydrogen-bond acceptors (Lipinski definition) is 3. The molecule has 0 spiro atoms. The number of aryl methyl sites for hydroxylation is 3. The van der Waals surface area contributed by atoms with E-state index in [-0.39, 0.29) is 18.1 Å². The molecule has 5 heteroatoms. The lowest BCUT2D eigenvalue weighted by Gasteiger charge is -2.09. The van der Waals surface area contributed by atoms with E-state index < -0.39 is 0 Å². The fourth-order valence-corrected chi connectivity index (χ4v) is 3.59. The van der Waals surface area contributed by atoms with Crippen LogP contribution in [0.5, 0.6) is 0 Å². The standard InChI is InChI=1S/C20H19FN2OS/c1-12-4-5-13(2)17(10-12)23-19(24)11-18-20(22-14(3)25-18)15-6-8-16(21)9-7-15/h4-10H,11H2,1-3H3,(H,23,24). The Balaban J connectivity index is 1.82. The molecule has 0 aliphatic rings. The number of nitrogens with one attached hydrogen (secondary N) is 1. The van der Waals surface area contributed by atoms with E-state index in [1.165, 1.54) is 23.5 Å². The second-order valence-corrected chi connectivity index (χ2v) is 7.34. The smallest absolute Gasteiger partial charge is 0.229 e. The predicted molar refractivity (Wildman–Crippen MR) is 100 cm³/mol. The van der Waals surface area contributed by atoms with Gasteiger partial charge in [0.25, 0.3) is 0 Å². The van der Waals surface area contributed by atoms with Gasteiger partial charge in [-0.2, -0.15) is 0 Å². The second-order valence-electron chi connectivity index (χ2n) is 6.05. The van der Waals surface area contributed by atoms with Crippen LogP contribution >= 0.6 is 11.3 Å². The molecule has 0 unspecified atom stereocenters. The molecule has 3 nitrogen and oxygen atoms in total. The first kappa shape index (κ1) is 17.3. The van der Waals surface area contributed by atoms with Gasteiger partial charge in [-0.05, 0) is 62.2 Å². The fraction of sp³-hybridized carbons (Fsp3) is 0.200. The molecule has 25 heavy (non-hydrogen) atoms. The van der Waals surface area contributed by atoms with Crippen molar-refractivity contribution in [1.29, 1.82) is 0 Å². The predicted octanol–water partition coefficient (Wildman–Crippen LogP) is 5.06. The maximum Gasteiger partial charge on any atom is 0.229 e. The molecule has 1 amide bonds. The van der Waals surface area contributed by atoms with E-state index in [9.17, 15) is 9.18 Å². The second kappa shape index (κ2) is 7.15. The molecule has 2 aromatic carbocycles. The van der Waals surface area contributed by atoms with Crippen LogP contribution in [0.2, 0.25) is 0 Å². The van der Waals surface area contributed by atoms with Crippen molar-refractivity contribution in [1.82, 2.24) is 4.98 Å². The molecular formula is C20H19FN2OS. The monoisotopic (exact) mass is 354 g/mol. The number of rotatable bonds is 4. The van der Waals surface area contributed by atoms with Crippen LogP contribution in [0.3, 0.4) is 0 Å². The number of benzene rings is 2. The van der Waals surface area contributed by atoms with E-state index in [0.717, 1.165) is 38.0 Å². The summed E-state index contributed by atoms with van der Waals surface area (Å²) in [7, 11) is 0. The number of carbonyl (C=O) groups excluding carboxylic acids is 1. The van der Waals surface area contributed by atoms with Crippen molar-refractivity contribution in [2.24, 2.45) is 0 Å². The summed E-state index contributed by atoms with van der Waals surface area (Å²) in [5.74, 6) is -0.370. The number of anilines is 1. The first-order chi connectivity index (χ1) is 11.9. The van der Waals surface area contributed by atoms with Gasteiger partial charge in [0.2, 0.25) is 5.91 Å². The quantitative estimate of drug-likeness (QED) is 0.712. The maximum absolute atomic E-state index is 13.1. The first-order valence-electron chi connectivity index (χ1n) is 8.02. The van der Waals surface area contributed by atoms with Crippen LogP contribution in [0.15, 0.2) is 42.5 Å². The molecule has 0 fully saturated rings. The van der Waals surface area contributed by atoms with Gasteiger partial charge in [0.1, 0.15) is 5.82 Å². The van der Waals surface area contributed by atoms with Crippen molar-refractivity contribution in [3.8, 4) is 11.3 Å². The third-order valence-electron chi connectivity index (χ3n) is 3.91. The summed E-state index contributed by atoms with van der Waals surface area (Å²) in [6, 6.07) is 12.2. The minimum atomic E-state index is -0.287. The van der Waals surface area contributed by atoms with Gasteiger partial charge in [0, 0.05) is 16.1 Å². The first-order valence-corrected chi connectivity index (χ1v) is 8.83. The van der Waals surface area contributed by atoms with E-state index in [2.05, 4.69) is 10.3 Å². The van der Waals surface area contributed by atoms with Crippen LogP contribution in [-0.2, 0) is 11.2 Å². The van der Waals surface area contributed by atoms with Crippen LogP contribution in [0.4, 0.5) is 10.1 Å². The van der Waals surface area contributed by atoms with E-state index in [1.807, 2.05) is 39.0 Å². The van der Waals surface area contributed by atoms with Gasteiger partial charge in [0.15, 0.2) is 0 Å². The van der Waals surface area contributed by atoms with E-state index in [0.29, 0.717) is 0 Å². The highest BCUT2D eigenvalue weighted by Crippen LogP contribution is 2.29. The van der Waals surface area contributed by atoms with E-state index >= 15 is 0 Å². The zero-order valence-corrected chi connectivity index (χ0v) is 15.2. The largest absolute Gasteiger partial charge is 0.326 e. The Hall–Kier alpha value is -2.53. The average Bonchev–Trinajstić information content (AvgIpc) is 2.92. The number of nitrogens with zero attached hydrogens (tertiary/aromatic N) is 1. The summed E-state index contributed by atoms with van der Waals surface area (Å²) < 4.78 is 13.1. The lowest BCUT2D eigenvalue weighted by atomic mass is 10.1. The van der Waals surface area contributed by atoms with Crippen LogP contribution in [-0.4, -0.2) is 10.9 Å². The van der Waals surface area contributed by atoms with Crippen LogP contribution in [0.25, 0.3) is 11.3 Å². The summed E-state index contributed by atoms with van der Waals surface area (Å²) in [6.07, 6.45) is 0.242. The van der Waals surface area contributed by atoms with Crippen molar-refractivity contribution < 1.29 is 9.18 Å². The third-order valence-corrected chi connectivity index (χ3v) is 4.88. The summed E-state index contributed by atoms with van der Waals surface area (Å²) in [6.45, 7) is 5.87. The Morgan fingerprint density at radius 1 is 1.12 bits per heavy atom. The van der Waals surface area contributed by atoms with Crippen molar-refractivity contribution in [2.75, 3.05) is 5.32 Å². The normalized spacial score (nSPS) is 10.7. The van der Waals surface area contributed by atoms with Crippen molar-refractivity contribution in [3.05, 3.63) is 69.3 Å². The van der Waals surface area contributed by atoms with Gasteiger partial charge in [-0.1, -0.05) is 12.1 Å². The molecule has 1 heterocycles. The molecule has 0 radical (unpaired) electrons. The zero-order valence-electron chi connectivity index (χ0n) is 14.4. The molecule has 128 valence electrons. The summed E-state index contributed by atoms with van der Waals surface area (Å²) >= 11 is 1.49. The molecule has 0 saturated heterocycles. The molecule has 0 atom stereocenters. The number of amides is 1. The Labute approximate surface area is 150 Å². The average molecular weight is 354 g/mol. The molecular weight excluding hydrogens is 335 g/mol. The third kappa shape index (κ3) is 4.12. The Bertz CT molecular complexity index is 916. The molecule has 3 rings (SSSR count). The van der Waals surface area contributed by atoms with Gasteiger partial charge < -0.3 is 5.32 Å². The Kier molecular flexibility index (Phi) is 4.95. The topological polar surface area (TPSA) is 42.0 Å². The lowest BCUT2D eigenvalue weighted by molar-refractivity contribution is -0.115. The van der Waals surface area contributed by atoms with Crippen LogP contribution in [0, 0.1) is 26.6 Å². The van der Waals surface area contributed by atoms with Gasteiger partial charge in [-0.15, -0.1) is 11.3 Å². The summed E-state index contributed by atoms with van der Waals surface area (Å²) in [4.78, 5) is 17.9. The molecule has 1 aromatic heterocycles. The summed E-state index contributed by atoms with van der Waals surface area (Å²) in [5.41, 5.74) is 4.52. The minimum Gasteiger partial charge on any atom is -0.326 e. The molecule has 0 bridgehead atoms. The zero-order chi connectivity index (χ0) is 18.0. The Morgan fingerprint density at radius 2 is 1.84 bits per heavy atom. The van der Waals surface area contributed by atoms with E-state index in [4.69, 9.17) is 0 Å². The number of hydrogen-bond donors (Lipinski definition) is 1. The highest BCUT2D eigenvalue weighted by Gasteiger charge is 2.15. The van der Waals surface area contributed by atoms with Gasteiger partial charge in [0.05, 0.1) is 17.1 Å². The van der Waals surface area contributed by atoms with Crippen molar-refractivity contribution in [3.63, 3.8) is 0 Å². The summed E-state index contributed by atoms with van der Waals surface area (Å²) in [5, 5.41) is 3.86. The molecule has 0 saturated carbocycles.